The highest BCUT2D eigenvalue weighted by Crippen LogP contribution is 2.42. The number of carbonyl (C=O) groups excluding carboxylic acids is 2. The van der Waals surface area contributed by atoms with Crippen molar-refractivity contribution in [2.24, 2.45) is 0 Å². The van der Waals surface area contributed by atoms with Crippen molar-refractivity contribution in [3.05, 3.63) is 93.5 Å². The fourth-order valence-electron chi connectivity index (χ4n) is 3.30. The Hall–Kier alpha value is -2.47. The summed E-state index contributed by atoms with van der Waals surface area (Å²) in [6, 6.07) is 20.2. The van der Waals surface area contributed by atoms with Crippen molar-refractivity contribution in [3.8, 4) is 0 Å². The van der Waals surface area contributed by atoms with E-state index >= 15 is 0 Å². The third-order valence-electron chi connectivity index (χ3n) is 4.79. The molecule has 2 amide bonds. The van der Waals surface area contributed by atoms with Crippen LogP contribution in [0.5, 0.6) is 0 Å². The van der Waals surface area contributed by atoms with E-state index in [4.69, 9.17) is 23.2 Å². The predicted octanol–water partition coefficient (Wildman–Crippen LogP) is 6.33. The second-order valence-corrected chi connectivity index (χ2v) is 8.88. The summed E-state index contributed by atoms with van der Waals surface area (Å²) in [7, 11) is 0. The lowest BCUT2D eigenvalue weighted by molar-refractivity contribution is -0.115. The molecular weight excluding hydrogens is 439 g/mol. The monoisotopic (exact) mass is 456 g/mol. The first-order valence-electron chi connectivity index (χ1n) is 9.29. The lowest BCUT2D eigenvalue weighted by atomic mass is 10.1. The minimum Gasteiger partial charge on any atom is -0.322 e. The number of hydrogen-bond donors (Lipinski definition) is 1. The number of thioether (sulfide) groups is 1. The van der Waals surface area contributed by atoms with Gasteiger partial charge < -0.3 is 5.32 Å². The van der Waals surface area contributed by atoms with Gasteiger partial charge >= 0.3 is 0 Å². The van der Waals surface area contributed by atoms with Crippen LogP contribution in [0.25, 0.3) is 0 Å². The zero-order chi connectivity index (χ0) is 21.3. The summed E-state index contributed by atoms with van der Waals surface area (Å²) in [5.41, 5.74) is 3.92. The van der Waals surface area contributed by atoms with Crippen LogP contribution in [0.4, 0.5) is 11.4 Å². The molecule has 1 aliphatic heterocycles. The maximum Gasteiger partial charge on any atom is 0.257 e. The average molecular weight is 457 g/mol. The van der Waals surface area contributed by atoms with Gasteiger partial charge in [0.15, 0.2) is 0 Å². The molecule has 0 saturated carbocycles. The molecule has 1 atom stereocenters. The minimum absolute atomic E-state index is 0.0660. The molecule has 1 N–H and O–H groups in total. The molecule has 0 radical (unpaired) electrons. The second-order valence-electron chi connectivity index (χ2n) is 6.97. The van der Waals surface area contributed by atoms with Gasteiger partial charge in [0.25, 0.3) is 5.91 Å². The Morgan fingerprint density at radius 2 is 1.83 bits per heavy atom. The number of nitrogens with one attached hydrogen (secondary N) is 1. The number of halogens is 2. The van der Waals surface area contributed by atoms with Gasteiger partial charge in [-0.25, -0.2) is 0 Å². The first-order valence-corrected chi connectivity index (χ1v) is 11.1. The summed E-state index contributed by atoms with van der Waals surface area (Å²) in [5.74, 6) is 0.158. The largest absolute Gasteiger partial charge is 0.322 e. The summed E-state index contributed by atoms with van der Waals surface area (Å²) >= 11 is 13.6. The maximum absolute atomic E-state index is 12.6. The number of carbonyl (C=O) groups is 2. The standard InChI is InChI=1S/C23H18Cl2N2O2S/c1-14-5-8-18(9-6-14)27-21(28)13-30-23(27)15-3-2-4-17(11-15)26-22(29)19-10-7-16(24)12-20(19)25/h2-12,23H,13H2,1H3,(H,26,29)/t23-/m0/s1. The number of hydrogen-bond acceptors (Lipinski definition) is 3. The van der Waals surface area contributed by atoms with Gasteiger partial charge in [-0.15, -0.1) is 11.8 Å². The molecule has 152 valence electrons. The zero-order valence-electron chi connectivity index (χ0n) is 16.1. The minimum atomic E-state index is -0.320. The van der Waals surface area contributed by atoms with Crippen molar-refractivity contribution in [1.82, 2.24) is 0 Å². The highest BCUT2D eigenvalue weighted by Gasteiger charge is 2.34. The fraction of sp³-hybridized carbons (Fsp3) is 0.130. The summed E-state index contributed by atoms with van der Waals surface area (Å²) < 4.78 is 0. The van der Waals surface area contributed by atoms with E-state index in [0.29, 0.717) is 27.0 Å². The van der Waals surface area contributed by atoms with Crippen molar-refractivity contribution in [2.45, 2.75) is 12.3 Å². The number of benzene rings is 3. The van der Waals surface area contributed by atoms with Crippen LogP contribution in [-0.4, -0.2) is 17.6 Å². The number of anilines is 2. The molecule has 3 aromatic carbocycles. The van der Waals surface area contributed by atoms with E-state index < -0.39 is 0 Å². The van der Waals surface area contributed by atoms with E-state index in [1.807, 2.05) is 55.5 Å². The predicted molar refractivity (Wildman–Crippen MR) is 125 cm³/mol. The third-order valence-corrected chi connectivity index (χ3v) is 6.55. The molecule has 0 aromatic heterocycles. The van der Waals surface area contributed by atoms with Crippen LogP contribution in [0.2, 0.25) is 10.0 Å². The molecular formula is C23H18Cl2N2O2S. The molecule has 4 nitrogen and oxygen atoms in total. The van der Waals surface area contributed by atoms with Crippen LogP contribution in [0, 0.1) is 6.92 Å². The van der Waals surface area contributed by atoms with Crippen LogP contribution in [0.15, 0.2) is 66.7 Å². The van der Waals surface area contributed by atoms with Gasteiger partial charge in [-0.1, -0.05) is 53.0 Å². The number of rotatable bonds is 4. The van der Waals surface area contributed by atoms with Gasteiger partial charge in [-0.05, 0) is 55.0 Å². The lowest BCUT2D eigenvalue weighted by Crippen LogP contribution is -2.27. The summed E-state index contributed by atoms with van der Waals surface area (Å²) in [6.07, 6.45) is 0. The van der Waals surface area contributed by atoms with Gasteiger partial charge in [0, 0.05) is 16.4 Å². The molecule has 0 unspecified atom stereocenters. The Labute approximate surface area is 189 Å². The first-order chi connectivity index (χ1) is 14.4. The van der Waals surface area contributed by atoms with Gasteiger partial charge in [0.2, 0.25) is 5.91 Å². The van der Waals surface area contributed by atoms with E-state index in [1.165, 1.54) is 6.07 Å². The number of amides is 2. The Balaban J connectivity index is 1.58. The Morgan fingerprint density at radius 1 is 1.07 bits per heavy atom. The lowest BCUT2D eigenvalue weighted by Gasteiger charge is -2.25. The van der Waals surface area contributed by atoms with Crippen LogP contribution in [0.3, 0.4) is 0 Å². The molecule has 0 bridgehead atoms. The molecule has 7 heteroatoms. The highest BCUT2D eigenvalue weighted by atomic mass is 35.5. The Bertz CT molecular complexity index is 1120. The van der Waals surface area contributed by atoms with E-state index in [-0.39, 0.29) is 17.2 Å². The van der Waals surface area contributed by atoms with Gasteiger partial charge in [-0.2, -0.15) is 0 Å². The molecule has 1 saturated heterocycles. The van der Waals surface area contributed by atoms with Crippen molar-refractivity contribution >= 4 is 58.2 Å². The Morgan fingerprint density at radius 3 is 2.57 bits per heavy atom. The quantitative estimate of drug-likeness (QED) is 0.498. The molecule has 1 fully saturated rings. The number of nitrogens with zero attached hydrogens (tertiary/aromatic N) is 1. The van der Waals surface area contributed by atoms with E-state index in [2.05, 4.69) is 5.32 Å². The average Bonchev–Trinajstić information content (AvgIpc) is 3.10. The molecule has 1 aliphatic rings. The molecule has 0 spiro atoms. The van der Waals surface area contributed by atoms with Gasteiger partial charge in [0.05, 0.1) is 16.3 Å². The van der Waals surface area contributed by atoms with E-state index in [9.17, 15) is 9.59 Å². The maximum atomic E-state index is 12.6. The zero-order valence-corrected chi connectivity index (χ0v) is 18.4. The van der Waals surface area contributed by atoms with Gasteiger partial charge in [0.1, 0.15) is 5.37 Å². The molecule has 0 aliphatic carbocycles. The Kier molecular flexibility index (Phi) is 6.04. The summed E-state index contributed by atoms with van der Waals surface area (Å²) in [5, 5.41) is 3.48. The second kappa shape index (κ2) is 8.72. The molecule has 1 heterocycles. The molecule has 30 heavy (non-hydrogen) atoms. The van der Waals surface area contributed by atoms with Crippen LogP contribution < -0.4 is 10.2 Å². The normalized spacial score (nSPS) is 16.0. The third kappa shape index (κ3) is 4.33. The van der Waals surface area contributed by atoms with Crippen LogP contribution in [0.1, 0.15) is 26.9 Å². The van der Waals surface area contributed by atoms with Crippen LogP contribution in [-0.2, 0) is 4.79 Å². The molecule has 4 rings (SSSR count). The first kappa shape index (κ1) is 20.8. The highest BCUT2D eigenvalue weighted by molar-refractivity contribution is 8.00. The SMILES string of the molecule is Cc1ccc(N2C(=O)CS[C@H]2c2cccc(NC(=O)c3ccc(Cl)cc3Cl)c2)cc1. The summed E-state index contributed by atoms with van der Waals surface area (Å²) in [4.78, 5) is 27.0. The van der Waals surface area contributed by atoms with Crippen molar-refractivity contribution < 1.29 is 9.59 Å². The molecule has 3 aromatic rings. The van der Waals surface area contributed by atoms with Crippen molar-refractivity contribution in [1.29, 1.82) is 0 Å². The smallest absolute Gasteiger partial charge is 0.257 e. The van der Waals surface area contributed by atoms with Crippen LogP contribution >= 0.6 is 35.0 Å². The number of aryl methyl sites for hydroxylation is 1. The van der Waals surface area contributed by atoms with Crippen molar-refractivity contribution in [3.63, 3.8) is 0 Å². The fourth-order valence-corrected chi connectivity index (χ4v) is 4.96. The topological polar surface area (TPSA) is 49.4 Å². The van der Waals surface area contributed by atoms with E-state index in [1.54, 1.807) is 28.8 Å². The summed E-state index contributed by atoms with van der Waals surface area (Å²) in [6.45, 7) is 2.01. The van der Waals surface area contributed by atoms with E-state index in [0.717, 1.165) is 16.8 Å². The van der Waals surface area contributed by atoms with Crippen molar-refractivity contribution in [2.75, 3.05) is 16.0 Å². The van der Waals surface area contributed by atoms with Gasteiger partial charge in [-0.3, -0.25) is 14.5 Å².